The molecule has 5 rings (SSSR count). The summed E-state index contributed by atoms with van der Waals surface area (Å²) in [6, 6.07) is 15.8. The number of carboxylic acid groups (broad SMARTS) is 1. The molecule has 220 valence electrons. The summed E-state index contributed by atoms with van der Waals surface area (Å²) in [7, 11) is 1.43. The van der Waals surface area contributed by atoms with Crippen molar-refractivity contribution < 1.29 is 43.2 Å². The molecular formula is C31H31NO10. The van der Waals surface area contributed by atoms with Crippen LogP contribution in [0.4, 0.5) is 0 Å². The molecule has 1 aliphatic rings. The molecule has 2 aromatic heterocycles. The van der Waals surface area contributed by atoms with Gasteiger partial charge in [0.15, 0.2) is 12.2 Å². The second kappa shape index (κ2) is 11.8. The standard InChI is InChI=1S/C31H31NO10/c1-15-10-11-22(32-15)30(37)42-27-24(33)31(39-17(3)26(27)38-4)40-23-13-19(12-18-8-6-5-7-9-18)20-14-21(28(34)35)29(36)41-25(20)16(23)2/h5-11,13-14,17,24,26-27,31-33H,12H2,1-4H3,(H,34,35)/t17-,24+,26-,27-,31-/m0/s1. The molecule has 11 nitrogen and oxygen atoms in total. The van der Waals surface area contributed by atoms with Gasteiger partial charge >= 0.3 is 17.6 Å². The van der Waals surface area contributed by atoms with Crippen LogP contribution >= 0.6 is 0 Å². The molecule has 42 heavy (non-hydrogen) atoms. The van der Waals surface area contributed by atoms with E-state index in [1.54, 1.807) is 39.0 Å². The fourth-order valence-electron chi connectivity index (χ4n) is 5.16. The maximum absolute atomic E-state index is 12.8. The summed E-state index contributed by atoms with van der Waals surface area (Å²) in [6.45, 7) is 5.15. The van der Waals surface area contributed by atoms with Gasteiger partial charge in [0.25, 0.3) is 0 Å². The summed E-state index contributed by atoms with van der Waals surface area (Å²) in [5.41, 5.74) is 1.59. The van der Waals surface area contributed by atoms with E-state index in [0.29, 0.717) is 22.9 Å². The van der Waals surface area contributed by atoms with Crippen LogP contribution in [0.3, 0.4) is 0 Å². The molecule has 1 fully saturated rings. The van der Waals surface area contributed by atoms with E-state index in [4.69, 9.17) is 23.4 Å². The minimum atomic E-state index is -1.46. The molecule has 0 aliphatic carbocycles. The summed E-state index contributed by atoms with van der Waals surface area (Å²) >= 11 is 0. The average molecular weight is 578 g/mol. The Bertz CT molecular complexity index is 1670. The van der Waals surface area contributed by atoms with Crippen LogP contribution in [0, 0.1) is 13.8 Å². The number of aromatic nitrogens is 1. The first kappa shape index (κ1) is 29.1. The van der Waals surface area contributed by atoms with Gasteiger partial charge < -0.3 is 38.6 Å². The number of aromatic carboxylic acids is 1. The third-order valence-corrected chi connectivity index (χ3v) is 7.34. The molecule has 3 heterocycles. The van der Waals surface area contributed by atoms with Crippen molar-refractivity contribution in [2.24, 2.45) is 0 Å². The number of H-pyrrole nitrogens is 1. The van der Waals surface area contributed by atoms with Crippen molar-refractivity contribution in [2.45, 2.75) is 57.9 Å². The molecule has 3 N–H and O–H groups in total. The number of ether oxygens (including phenoxy) is 4. The van der Waals surface area contributed by atoms with E-state index in [2.05, 4.69) is 4.98 Å². The number of carbonyl (C=O) groups is 2. The van der Waals surface area contributed by atoms with Crippen LogP contribution in [0.5, 0.6) is 5.75 Å². The maximum Gasteiger partial charge on any atom is 0.355 e. The Kier molecular flexibility index (Phi) is 8.17. The number of aliphatic hydroxyl groups excluding tert-OH is 1. The second-order valence-electron chi connectivity index (χ2n) is 10.3. The second-order valence-corrected chi connectivity index (χ2v) is 10.3. The number of carboxylic acids is 1. The molecule has 0 amide bonds. The largest absolute Gasteiger partial charge is 0.477 e. The number of aryl methyl sites for hydroxylation is 2. The highest BCUT2D eigenvalue weighted by Gasteiger charge is 2.48. The summed E-state index contributed by atoms with van der Waals surface area (Å²) in [5, 5.41) is 21.3. The smallest absolute Gasteiger partial charge is 0.355 e. The van der Waals surface area contributed by atoms with E-state index in [0.717, 1.165) is 11.3 Å². The van der Waals surface area contributed by atoms with E-state index in [1.165, 1.54) is 13.2 Å². The van der Waals surface area contributed by atoms with E-state index >= 15 is 0 Å². The quantitative estimate of drug-likeness (QED) is 0.208. The molecule has 11 heteroatoms. The van der Waals surface area contributed by atoms with Crippen molar-refractivity contribution in [1.29, 1.82) is 0 Å². The highest BCUT2D eigenvalue weighted by Crippen LogP contribution is 2.35. The SMILES string of the molecule is CO[C@@H]1[C@@H](OC(=O)c2ccc(C)[nH]2)[C@@H](O)[C@H](Oc2cc(Cc3ccccc3)c3cc(C(=O)O)c(=O)oc3c2C)O[C@H]1C. The van der Waals surface area contributed by atoms with Gasteiger partial charge in [0.2, 0.25) is 6.29 Å². The van der Waals surface area contributed by atoms with E-state index in [-0.39, 0.29) is 17.0 Å². The van der Waals surface area contributed by atoms with Crippen LogP contribution in [0.25, 0.3) is 11.0 Å². The summed E-state index contributed by atoms with van der Waals surface area (Å²) in [5.74, 6) is -1.84. The molecule has 4 aromatic rings. The number of carbonyl (C=O) groups excluding carboxylic acids is 1. The fraction of sp³-hybridized carbons (Fsp3) is 0.323. The molecule has 0 bridgehead atoms. The van der Waals surface area contributed by atoms with E-state index in [1.807, 2.05) is 30.3 Å². The van der Waals surface area contributed by atoms with Crippen LogP contribution in [0.2, 0.25) is 0 Å². The summed E-state index contributed by atoms with van der Waals surface area (Å²) in [6.07, 6.45) is -4.96. The van der Waals surface area contributed by atoms with Gasteiger partial charge in [-0.05, 0) is 62.6 Å². The maximum atomic E-state index is 12.8. The molecule has 0 unspecified atom stereocenters. The van der Waals surface area contributed by atoms with Gasteiger partial charge in [0, 0.05) is 23.8 Å². The molecule has 5 atom stereocenters. The number of benzene rings is 2. The zero-order valence-electron chi connectivity index (χ0n) is 23.5. The number of fused-ring (bicyclic) bond motifs is 1. The summed E-state index contributed by atoms with van der Waals surface area (Å²) < 4.78 is 28.8. The lowest BCUT2D eigenvalue weighted by Crippen LogP contribution is -2.60. The highest BCUT2D eigenvalue weighted by molar-refractivity contribution is 5.94. The van der Waals surface area contributed by atoms with Gasteiger partial charge in [-0.3, -0.25) is 0 Å². The number of methoxy groups -OCH3 is 1. The Hall–Kier alpha value is -4.45. The number of hydrogen-bond donors (Lipinski definition) is 3. The first-order valence-corrected chi connectivity index (χ1v) is 13.3. The van der Waals surface area contributed by atoms with Crippen molar-refractivity contribution in [1.82, 2.24) is 4.98 Å². The predicted octanol–water partition coefficient (Wildman–Crippen LogP) is 3.75. The van der Waals surface area contributed by atoms with Crippen molar-refractivity contribution >= 4 is 22.9 Å². The van der Waals surface area contributed by atoms with Crippen LogP contribution in [-0.4, -0.2) is 65.0 Å². The third-order valence-electron chi connectivity index (χ3n) is 7.34. The third kappa shape index (κ3) is 5.67. The van der Waals surface area contributed by atoms with Gasteiger partial charge in [0.1, 0.15) is 28.7 Å². The number of hydrogen-bond acceptors (Lipinski definition) is 9. The van der Waals surface area contributed by atoms with E-state index < -0.39 is 53.8 Å². The zero-order valence-corrected chi connectivity index (χ0v) is 23.5. The zero-order chi connectivity index (χ0) is 30.1. The Morgan fingerprint density at radius 2 is 1.79 bits per heavy atom. The van der Waals surface area contributed by atoms with Crippen molar-refractivity contribution in [3.05, 3.63) is 98.7 Å². The van der Waals surface area contributed by atoms with Crippen LogP contribution in [0.1, 0.15) is 50.2 Å². The Morgan fingerprint density at radius 3 is 2.43 bits per heavy atom. The number of rotatable bonds is 8. The molecule has 0 saturated carbocycles. The normalized spacial score (nSPS) is 22.2. The lowest BCUT2D eigenvalue weighted by atomic mass is 9.97. The molecular weight excluding hydrogens is 546 g/mol. The van der Waals surface area contributed by atoms with Crippen LogP contribution < -0.4 is 10.4 Å². The van der Waals surface area contributed by atoms with Crippen LogP contribution in [0.15, 0.2) is 63.8 Å². The number of nitrogens with one attached hydrogen (secondary N) is 1. The van der Waals surface area contributed by atoms with Gasteiger partial charge in [-0.15, -0.1) is 0 Å². The Labute approximate surface area is 240 Å². The number of esters is 1. The average Bonchev–Trinajstić information content (AvgIpc) is 3.40. The number of aliphatic hydroxyl groups is 1. The van der Waals surface area contributed by atoms with Crippen molar-refractivity contribution in [3.8, 4) is 5.75 Å². The van der Waals surface area contributed by atoms with Gasteiger partial charge in [-0.2, -0.15) is 0 Å². The van der Waals surface area contributed by atoms with Gasteiger partial charge in [-0.1, -0.05) is 30.3 Å². The molecule has 1 aliphatic heterocycles. The van der Waals surface area contributed by atoms with Crippen molar-refractivity contribution in [2.75, 3.05) is 7.11 Å². The van der Waals surface area contributed by atoms with Crippen molar-refractivity contribution in [3.63, 3.8) is 0 Å². The van der Waals surface area contributed by atoms with Crippen LogP contribution in [-0.2, 0) is 20.6 Å². The molecule has 0 spiro atoms. The van der Waals surface area contributed by atoms with E-state index in [9.17, 15) is 24.6 Å². The highest BCUT2D eigenvalue weighted by atomic mass is 16.7. The predicted molar refractivity (Wildman–Crippen MR) is 150 cm³/mol. The Balaban J connectivity index is 1.52. The lowest BCUT2D eigenvalue weighted by Gasteiger charge is -2.42. The fourth-order valence-corrected chi connectivity index (χ4v) is 5.16. The molecule has 0 radical (unpaired) electrons. The minimum Gasteiger partial charge on any atom is -0.477 e. The van der Waals surface area contributed by atoms with Gasteiger partial charge in [0.05, 0.1) is 6.10 Å². The first-order valence-electron chi connectivity index (χ1n) is 13.3. The number of aromatic amines is 1. The van der Waals surface area contributed by atoms with Gasteiger partial charge in [-0.25, -0.2) is 14.4 Å². The molecule has 1 saturated heterocycles. The first-order chi connectivity index (χ1) is 20.1. The monoisotopic (exact) mass is 577 g/mol. The lowest BCUT2D eigenvalue weighted by molar-refractivity contribution is -0.272. The Morgan fingerprint density at radius 1 is 1.05 bits per heavy atom. The molecule has 2 aromatic carbocycles. The topological polar surface area (TPSA) is 158 Å². The minimum absolute atomic E-state index is 0.145. The summed E-state index contributed by atoms with van der Waals surface area (Å²) in [4.78, 5) is 40.0.